The van der Waals surface area contributed by atoms with Gasteiger partial charge in [0.2, 0.25) is 0 Å². The lowest BCUT2D eigenvalue weighted by molar-refractivity contribution is 0.205. The first-order valence-electron chi connectivity index (χ1n) is 8.99. The molecule has 0 amide bonds. The predicted molar refractivity (Wildman–Crippen MR) is 109 cm³/mol. The largest absolute Gasteiger partial charge is 0.383 e. The molecule has 0 aromatic heterocycles. The molecule has 0 spiro atoms. The lowest BCUT2D eigenvalue weighted by Gasteiger charge is -2.25. The van der Waals surface area contributed by atoms with Crippen molar-refractivity contribution in [2.24, 2.45) is 10.2 Å². The third-order valence-corrected chi connectivity index (χ3v) is 5.48. The van der Waals surface area contributed by atoms with Gasteiger partial charge in [0.25, 0.3) is 0 Å². The number of nitrogens with zero attached hydrogens (tertiary/aromatic N) is 3. The van der Waals surface area contributed by atoms with Gasteiger partial charge in [-0.2, -0.15) is 18.6 Å². The maximum Gasteiger partial charge on any atom is 0.332 e. The van der Waals surface area contributed by atoms with Crippen LogP contribution in [0.3, 0.4) is 0 Å². The van der Waals surface area contributed by atoms with E-state index in [2.05, 4.69) is 28.1 Å². The molecule has 28 heavy (non-hydrogen) atoms. The summed E-state index contributed by atoms with van der Waals surface area (Å²) < 4.78 is 41.0. The van der Waals surface area contributed by atoms with Gasteiger partial charge in [-0.05, 0) is 68.7 Å². The van der Waals surface area contributed by atoms with Crippen molar-refractivity contribution in [1.29, 1.82) is 0 Å². The van der Waals surface area contributed by atoms with Gasteiger partial charge in [0, 0.05) is 25.9 Å². The number of methoxy groups -OCH3 is 1. The van der Waals surface area contributed by atoms with Gasteiger partial charge in [0.05, 0.1) is 18.0 Å². The normalized spacial score (nSPS) is 11.9. The Bertz CT molecular complexity index is 975. The molecule has 0 radical (unpaired) electrons. The highest BCUT2D eigenvalue weighted by molar-refractivity contribution is 7.86. The molecule has 0 N–H and O–H groups in total. The molecule has 0 aliphatic carbocycles. The summed E-state index contributed by atoms with van der Waals surface area (Å²) in [7, 11) is -3.12. The van der Waals surface area contributed by atoms with E-state index in [1.165, 1.54) is 19.1 Å². The van der Waals surface area contributed by atoms with Gasteiger partial charge in [-0.3, -0.25) is 0 Å². The van der Waals surface area contributed by atoms with Crippen LogP contribution in [-0.4, -0.2) is 35.2 Å². The second-order valence-electron chi connectivity index (χ2n) is 6.59. The average molecular weight is 408 g/mol. The minimum absolute atomic E-state index is 0.276. The molecular weight excluding hydrogens is 381 g/mol. The van der Waals surface area contributed by atoms with E-state index in [9.17, 15) is 12.3 Å². The van der Waals surface area contributed by atoms with Gasteiger partial charge in [-0.25, -0.2) is 0 Å². The number of aryl methyl sites for hydroxylation is 3. The number of hydrogen-bond acceptors (Lipinski definition) is 6. The zero-order chi connectivity index (χ0) is 20.9. The SMILES string of the molecule is CCN(CCOC)c1cc(C)c(N=Nc2ccc(C)c(S(=O)(=O)F)c2)cc1C. The zero-order valence-electron chi connectivity index (χ0n) is 16.9. The monoisotopic (exact) mass is 407 g/mol. The van der Waals surface area contributed by atoms with Crippen LogP contribution in [0.2, 0.25) is 0 Å². The minimum atomic E-state index is -4.80. The predicted octanol–water partition coefficient (Wildman–Crippen LogP) is 5.16. The summed E-state index contributed by atoms with van der Waals surface area (Å²) in [5.41, 5.74) is 4.37. The van der Waals surface area contributed by atoms with Crippen LogP contribution in [0.5, 0.6) is 0 Å². The topological polar surface area (TPSA) is 71.3 Å². The van der Waals surface area contributed by atoms with Crippen molar-refractivity contribution >= 4 is 27.3 Å². The lowest BCUT2D eigenvalue weighted by atomic mass is 10.1. The number of azo groups is 1. The Balaban J connectivity index is 2.34. The van der Waals surface area contributed by atoms with E-state index < -0.39 is 10.2 Å². The van der Waals surface area contributed by atoms with Crippen LogP contribution in [0, 0.1) is 20.8 Å². The maximum atomic E-state index is 13.4. The molecule has 0 saturated carbocycles. The van der Waals surface area contributed by atoms with E-state index in [-0.39, 0.29) is 10.6 Å². The summed E-state index contributed by atoms with van der Waals surface area (Å²) in [4.78, 5) is 1.84. The van der Waals surface area contributed by atoms with Crippen LogP contribution in [-0.2, 0) is 15.0 Å². The van der Waals surface area contributed by atoms with E-state index in [1.807, 2.05) is 19.9 Å². The number of halogens is 1. The van der Waals surface area contributed by atoms with Crippen molar-refractivity contribution in [3.8, 4) is 0 Å². The minimum Gasteiger partial charge on any atom is -0.383 e. The standard InChI is InChI=1S/C20H26FN3O3S/c1-6-24(9-10-27-5)19-12-15(3)18(11-16(19)4)23-22-17-8-7-14(2)20(13-17)28(21,25)26/h7-8,11-13H,6,9-10H2,1-5H3. The number of anilines is 1. The van der Waals surface area contributed by atoms with E-state index in [4.69, 9.17) is 4.74 Å². The molecule has 0 unspecified atom stereocenters. The fourth-order valence-corrected chi connectivity index (χ4v) is 3.62. The highest BCUT2D eigenvalue weighted by Crippen LogP contribution is 2.31. The Labute approximate surface area is 166 Å². The molecule has 152 valence electrons. The molecule has 0 heterocycles. The Kier molecular flexibility index (Phi) is 7.26. The third kappa shape index (κ3) is 5.36. The molecule has 0 aliphatic heterocycles. The fourth-order valence-electron chi connectivity index (χ4n) is 2.91. The first-order chi connectivity index (χ1) is 13.2. The molecule has 0 bridgehead atoms. The Morgan fingerprint density at radius 1 is 1.04 bits per heavy atom. The quantitative estimate of drug-likeness (QED) is 0.448. The van der Waals surface area contributed by atoms with E-state index in [0.717, 1.165) is 29.9 Å². The summed E-state index contributed by atoms with van der Waals surface area (Å²) >= 11 is 0. The molecule has 0 atom stereocenters. The Morgan fingerprint density at radius 3 is 2.36 bits per heavy atom. The summed E-state index contributed by atoms with van der Waals surface area (Å²) in [5, 5.41) is 8.34. The Morgan fingerprint density at radius 2 is 1.75 bits per heavy atom. The van der Waals surface area contributed by atoms with Crippen LogP contribution in [0.15, 0.2) is 45.5 Å². The molecule has 8 heteroatoms. The van der Waals surface area contributed by atoms with Gasteiger partial charge in [-0.15, -0.1) is 3.89 Å². The van der Waals surface area contributed by atoms with Crippen LogP contribution in [0.25, 0.3) is 0 Å². The fraction of sp³-hybridized carbons (Fsp3) is 0.400. The lowest BCUT2D eigenvalue weighted by Crippen LogP contribution is -2.27. The van der Waals surface area contributed by atoms with Crippen LogP contribution in [0.4, 0.5) is 20.9 Å². The Hall–Kier alpha value is -2.32. The number of likely N-dealkylation sites (N-methyl/N-ethyl adjacent to an activating group) is 1. The zero-order valence-corrected chi connectivity index (χ0v) is 17.7. The number of rotatable bonds is 8. The number of benzene rings is 2. The van der Waals surface area contributed by atoms with Gasteiger partial charge < -0.3 is 9.64 Å². The second-order valence-corrected chi connectivity index (χ2v) is 7.90. The van der Waals surface area contributed by atoms with Gasteiger partial charge in [-0.1, -0.05) is 6.07 Å². The van der Waals surface area contributed by atoms with Gasteiger partial charge >= 0.3 is 10.2 Å². The van der Waals surface area contributed by atoms with E-state index >= 15 is 0 Å². The van der Waals surface area contributed by atoms with Crippen molar-refractivity contribution in [3.63, 3.8) is 0 Å². The summed E-state index contributed by atoms with van der Waals surface area (Å²) in [6.45, 7) is 9.85. The molecule has 0 fully saturated rings. The summed E-state index contributed by atoms with van der Waals surface area (Å²) in [6, 6.07) is 8.29. The van der Waals surface area contributed by atoms with Crippen molar-refractivity contribution in [1.82, 2.24) is 0 Å². The first-order valence-corrected chi connectivity index (χ1v) is 10.4. The van der Waals surface area contributed by atoms with Crippen LogP contribution >= 0.6 is 0 Å². The highest BCUT2D eigenvalue weighted by atomic mass is 32.3. The van der Waals surface area contributed by atoms with Crippen LogP contribution < -0.4 is 4.90 Å². The smallest absolute Gasteiger partial charge is 0.332 e. The third-order valence-electron chi connectivity index (χ3n) is 4.51. The molecule has 2 rings (SSSR count). The summed E-state index contributed by atoms with van der Waals surface area (Å²) in [5.74, 6) is 0. The maximum absolute atomic E-state index is 13.4. The van der Waals surface area contributed by atoms with Crippen molar-refractivity contribution in [2.45, 2.75) is 32.6 Å². The number of hydrogen-bond donors (Lipinski definition) is 0. The number of ether oxygens (including phenoxy) is 1. The molecule has 0 saturated heterocycles. The van der Waals surface area contributed by atoms with Crippen LogP contribution in [0.1, 0.15) is 23.6 Å². The van der Waals surface area contributed by atoms with E-state index in [0.29, 0.717) is 17.9 Å². The van der Waals surface area contributed by atoms with Crippen molar-refractivity contribution < 1.29 is 17.0 Å². The molecule has 0 aliphatic rings. The second kappa shape index (κ2) is 9.25. The molecule has 2 aromatic rings. The van der Waals surface area contributed by atoms with Crippen molar-refractivity contribution in [3.05, 3.63) is 47.0 Å². The highest BCUT2D eigenvalue weighted by Gasteiger charge is 2.16. The van der Waals surface area contributed by atoms with E-state index in [1.54, 1.807) is 13.2 Å². The van der Waals surface area contributed by atoms with Gasteiger partial charge in [0.15, 0.2) is 0 Å². The van der Waals surface area contributed by atoms with Gasteiger partial charge in [0.1, 0.15) is 4.90 Å². The average Bonchev–Trinajstić information content (AvgIpc) is 2.63. The van der Waals surface area contributed by atoms with Crippen molar-refractivity contribution in [2.75, 3.05) is 31.7 Å². The molecule has 2 aromatic carbocycles. The summed E-state index contributed by atoms with van der Waals surface area (Å²) in [6.07, 6.45) is 0. The molecular formula is C20H26FN3O3S. The first kappa shape index (κ1) is 22.0. The molecule has 6 nitrogen and oxygen atoms in total.